The van der Waals surface area contributed by atoms with Crippen molar-refractivity contribution in [3.63, 3.8) is 0 Å². The predicted octanol–water partition coefficient (Wildman–Crippen LogP) is 6.06. The van der Waals surface area contributed by atoms with Crippen molar-refractivity contribution < 1.29 is 18.1 Å². The minimum absolute atomic E-state index is 0.995. The maximum atomic E-state index is 2.47. The largest absolute Gasteiger partial charge is 0.306 e. The molecule has 5 rings (SSSR count). The Kier molecular flexibility index (Phi) is 13.9. The summed E-state index contributed by atoms with van der Waals surface area (Å²) >= 11 is 0. The van der Waals surface area contributed by atoms with Gasteiger partial charge in [0, 0.05) is 0 Å². The quantitative estimate of drug-likeness (QED) is 0.0698. The van der Waals surface area contributed by atoms with Gasteiger partial charge in [-0.1, -0.05) is 65.2 Å². The molecule has 0 saturated carbocycles. The average molecular weight is 581 g/mol. The van der Waals surface area contributed by atoms with E-state index in [4.69, 9.17) is 0 Å². The van der Waals surface area contributed by atoms with Gasteiger partial charge >= 0.3 is 0 Å². The Labute approximate surface area is 258 Å². The molecule has 0 atom stereocenters. The van der Waals surface area contributed by atoms with E-state index in [-0.39, 0.29) is 0 Å². The van der Waals surface area contributed by atoms with Gasteiger partial charge in [0.25, 0.3) is 0 Å². The topological polar surface area (TPSA) is 17.6 Å². The second-order valence-electron chi connectivity index (χ2n) is 13.6. The van der Waals surface area contributed by atoms with Crippen molar-refractivity contribution in [2.24, 2.45) is 0 Å². The number of unbranched alkanes of at least 4 members (excludes halogenated alkanes) is 10. The number of nitrogens with zero attached hydrogens (tertiary/aromatic N) is 6. The SMILES string of the molecule is CCCCCCCCn1cc[n+](C/C=C/C[N+]23CC[N+](C/C=C/C[n+]4ccn(CCCCCCCC)c4)(CC2)CC3)c1. The van der Waals surface area contributed by atoms with Crippen LogP contribution in [0.3, 0.4) is 0 Å². The van der Waals surface area contributed by atoms with E-state index in [0.717, 1.165) is 26.2 Å². The summed E-state index contributed by atoms with van der Waals surface area (Å²) in [5.74, 6) is 0. The monoisotopic (exact) mass is 581 g/mol. The number of fused-ring (bicyclic) bond motifs is 3. The Bertz CT molecular complexity index is 954. The molecule has 0 spiro atoms. The summed E-state index contributed by atoms with van der Waals surface area (Å²) in [5, 5.41) is 0. The van der Waals surface area contributed by atoms with Gasteiger partial charge in [-0.15, -0.1) is 0 Å². The minimum atomic E-state index is 0.995. The Morgan fingerprint density at radius 2 is 0.905 bits per heavy atom. The first-order valence-electron chi connectivity index (χ1n) is 17.7. The summed E-state index contributed by atoms with van der Waals surface area (Å²) in [6, 6.07) is 0. The van der Waals surface area contributed by atoms with Crippen LogP contribution in [0.1, 0.15) is 90.9 Å². The standard InChI is InChI=1S/C36H64N6/c1-3-5-7-9-11-13-19-37-23-25-39(35-37)21-15-17-27-41-29-32-42(33-30-41,34-31-41)28-18-16-22-40-26-24-38(36-40)20-14-12-10-8-6-4-2/h15-18,23-26,35-36H,3-14,19-22,27-34H2,1-2H3/q+4/b17-15+,18-16+. The van der Waals surface area contributed by atoms with Crippen molar-refractivity contribution in [2.75, 3.05) is 52.4 Å². The number of hydrogen-bond donors (Lipinski definition) is 0. The number of aromatic nitrogens is 4. The highest BCUT2D eigenvalue weighted by molar-refractivity contribution is 4.83. The highest BCUT2D eigenvalue weighted by atomic mass is 15.5. The van der Waals surface area contributed by atoms with Crippen molar-refractivity contribution in [1.82, 2.24) is 9.13 Å². The molecule has 2 aromatic heterocycles. The van der Waals surface area contributed by atoms with Crippen LogP contribution in [0.4, 0.5) is 0 Å². The number of quaternary nitrogens is 2. The molecule has 6 heteroatoms. The van der Waals surface area contributed by atoms with E-state index < -0.39 is 0 Å². The zero-order valence-corrected chi connectivity index (χ0v) is 27.4. The van der Waals surface area contributed by atoms with Gasteiger partial charge in [-0.05, 0) is 50.0 Å². The summed E-state index contributed by atoms with van der Waals surface area (Å²) in [7, 11) is 0. The molecule has 3 aliphatic heterocycles. The molecular formula is C36H64N6+4. The molecule has 6 nitrogen and oxygen atoms in total. The summed E-state index contributed by atoms with van der Waals surface area (Å²) in [5.41, 5.74) is 0. The lowest BCUT2D eigenvalue weighted by molar-refractivity contribution is -1.08. The van der Waals surface area contributed by atoms with Gasteiger partial charge < -0.3 is 8.97 Å². The zero-order valence-electron chi connectivity index (χ0n) is 27.4. The van der Waals surface area contributed by atoms with Crippen LogP contribution >= 0.6 is 0 Å². The Morgan fingerprint density at radius 1 is 0.524 bits per heavy atom. The summed E-state index contributed by atoms with van der Waals surface area (Å²) in [6.07, 6.45) is 39.6. The van der Waals surface area contributed by atoms with E-state index in [1.165, 1.54) is 138 Å². The number of piperazine rings is 3. The molecule has 0 radical (unpaired) electrons. The van der Waals surface area contributed by atoms with Crippen LogP contribution in [0, 0.1) is 0 Å². The van der Waals surface area contributed by atoms with Crippen LogP contribution in [0.15, 0.2) is 61.7 Å². The van der Waals surface area contributed by atoms with Crippen LogP contribution in [-0.4, -0.2) is 70.5 Å². The van der Waals surface area contributed by atoms with E-state index in [1.54, 1.807) is 0 Å². The molecule has 0 amide bonds. The maximum absolute atomic E-state index is 2.47. The van der Waals surface area contributed by atoms with Crippen molar-refractivity contribution in [3.05, 3.63) is 61.7 Å². The Hall–Kier alpha value is -2.18. The fraction of sp³-hybridized carbons (Fsp3) is 0.722. The number of allylic oxidation sites excluding steroid dienone is 2. The van der Waals surface area contributed by atoms with Gasteiger partial charge in [0.15, 0.2) is 0 Å². The van der Waals surface area contributed by atoms with Crippen molar-refractivity contribution >= 4 is 0 Å². The summed E-state index contributed by atoms with van der Waals surface area (Å²) < 4.78 is 12.0. The highest BCUT2D eigenvalue weighted by Gasteiger charge is 2.47. The molecule has 2 bridgehead atoms. The normalized spacial score (nSPS) is 22.2. The smallest absolute Gasteiger partial charge is 0.244 e. The molecule has 3 aliphatic rings. The molecule has 0 unspecified atom stereocenters. The lowest BCUT2D eigenvalue weighted by atomic mass is 10.1. The maximum Gasteiger partial charge on any atom is 0.244 e. The molecule has 3 saturated heterocycles. The third kappa shape index (κ3) is 10.8. The fourth-order valence-electron chi connectivity index (χ4n) is 6.99. The van der Waals surface area contributed by atoms with Gasteiger partial charge in [0.2, 0.25) is 12.7 Å². The lowest BCUT2D eigenvalue weighted by Gasteiger charge is -2.55. The predicted molar refractivity (Wildman–Crippen MR) is 174 cm³/mol. The van der Waals surface area contributed by atoms with E-state index in [2.05, 4.69) is 93.9 Å². The van der Waals surface area contributed by atoms with Crippen molar-refractivity contribution in [2.45, 2.75) is 117 Å². The van der Waals surface area contributed by atoms with Crippen LogP contribution < -0.4 is 9.13 Å². The van der Waals surface area contributed by atoms with Gasteiger partial charge in [-0.2, -0.15) is 0 Å². The number of aryl methyl sites for hydroxylation is 2. The van der Waals surface area contributed by atoms with Crippen LogP contribution in [0.25, 0.3) is 0 Å². The molecule has 0 N–H and O–H groups in total. The van der Waals surface area contributed by atoms with Crippen LogP contribution in [-0.2, 0) is 26.2 Å². The van der Waals surface area contributed by atoms with Crippen molar-refractivity contribution in [3.8, 4) is 0 Å². The molecule has 2 aromatic rings. The first-order valence-corrected chi connectivity index (χ1v) is 17.7. The van der Waals surface area contributed by atoms with Gasteiger partial charge in [0.1, 0.15) is 77.1 Å². The molecule has 5 heterocycles. The Morgan fingerprint density at radius 3 is 1.31 bits per heavy atom. The van der Waals surface area contributed by atoms with E-state index >= 15 is 0 Å². The molecule has 234 valence electrons. The third-order valence-corrected chi connectivity index (χ3v) is 10.1. The van der Waals surface area contributed by atoms with Crippen LogP contribution in [0.2, 0.25) is 0 Å². The van der Waals surface area contributed by atoms with E-state index in [9.17, 15) is 0 Å². The Balaban J connectivity index is 1.08. The highest BCUT2D eigenvalue weighted by Crippen LogP contribution is 2.26. The minimum Gasteiger partial charge on any atom is -0.306 e. The molecular weight excluding hydrogens is 516 g/mol. The first-order chi connectivity index (χ1) is 20.6. The second kappa shape index (κ2) is 17.8. The van der Waals surface area contributed by atoms with Gasteiger partial charge in [-0.3, -0.25) is 0 Å². The zero-order chi connectivity index (χ0) is 29.4. The number of hydrogen-bond acceptors (Lipinski definition) is 0. The summed E-state index contributed by atoms with van der Waals surface area (Å²) in [4.78, 5) is 0. The van der Waals surface area contributed by atoms with Crippen molar-refractivity contribution in [1.29, 1.82) is 0 Å². The van der Waals surface area contributed by atoms with E-state index in [1.807, 2.05) is 0 Å². The van der Waals surface area contributed by atoms with Gasteiger partial charge in [0.05, 0.1) is 26.2 Å². The summed E-state index contributed by atoms with van der Waals surface area (Å²) in [6.45, 7) is 19.4. The van der Waals surface area contributed by atoms with E-state index in [0.29, 0.717) is 0 Å². The first kappa shape index (κ1) is 32.7. The molecule has 0 aromatic carbocycles. The lowest BCUT2D eigenvalue weighted by Crippen LogP contribution is -2.74. The third-order valence-electron chi connectivity index (χ3n) is 10.1. The molecule has 42 heavy (non-hydrogen) atoms. The number of rotatable bonds is 22. The average Bonchev–Trinajstić information content (AvgIpc) is 3.68. The second-order valence-corrected chi connectivity index (χ2v) is 13.6. The van der Waals surface area contributed by atoms with Crippen LogP contribution in [0.5, 0.6) is 0 Å². The fourth-order valence-corrected chi connectivity index (χ4v) is 6.99. The number of imidazole rings is 2. The molecule has 3 fully saturated rings. The molecule has 0 aliphatic carbocycles. The van der Waals surface area contributed by atoms with Gasteiger partial charge in [-0.25, -0.2) is 18.3 Å².